The summed E-state index contributed by atoms with van der Waals surface area (Å²) in [5.74, 6) is -0.252. The molecule has 0 bridgehead atoms. The summed E-state index contributed by atoms with van der Waals surface area (Å²) in [7, 11) is 1.62. The van der Waals surface area contributed by atoms with E-state index in [1.165, 1.54) is 17.1 Å². The van der Waals surface area contributed by atoms with Crippen molar-refractivity contribution in [3.8, 4) is 10.9 Å². The van der Waals surface area contributed by atoms with Crippen molar-refractivity contribution in [2.75, 3.05) is 51.5 Å². The van der Waals surface area contributed by atoms with E-state index < -0.39 is 11.4 Å². The summed E-state index contributed by atoms with van der Waals surface area (Å²) in [6.45, 7) is 4.55. The van der Waals surface area contributed by atoms with E-state index in [-0.39, 0.29) is 34.7 Å². The van der Waals surface area contributed by atoms with Crippen molar-refractivity contribution in [3.05, 3.63) is 64.0 Å². The molecule has 13 nitrogen and oxygen atoms in total. The van der Waals surface area contributed by atoms with Crippen molar-refractivity contribution in [3.63, 3.8) is 0 Å². The standard InChI is InChI=1S/C27H28N6O7S/c1-16-9-22(31-25-23(16)24(35)20(26(36)37)14-33(25)27-29-15-30-41-27)32-12-17(13-32)21(34)10-18-3-4-19(11-28-18)40-8-7-39-6-5-38-2/h3-4,9,11,14-15,17H,5-8,10,12-13H2,1-2H3,(H,36,37). The first-order valence-electron chi connectivity index (χ1n) is 12.8. The molecule has 4 aromatic rings. The average molecular weight is 581 g/mol. The van der Waals surface area contributed by atoms with Crippen molar-refractivity contribution in [2.45, 2.75) is 13.3 Å². The van der Waals surface area contributed by atoms with Crippen molar-refractivity contribution in [1.82, 2.24) is 23.9 Å². The first-order valence-corrected chi connectivity index (χ1v) is 13.6. The van der Waals surface area contributed by atoms with Crippen LogP contribution in [0.15, 0.2) is 41.7 Å². The number of anilines is 1. The Morgan fingerprint density at radius 1 is 1.15 bits per heavy atom. The molecular formula is C27H28N6O7S. The van der Waals surface area contributed by atoms with Crippen LogP contribution in [-0.2, 0) is 20.7 Å². The number of rotatable bonds is 13. The van der Waals surface area contributed by atoms with Gasteiger partial charge in [0.05, 0.1) is 37.3 Å². The molecule has 1 N–H and O–H groups in total. The number of carbonyl (C=O) groups is 2. The van der Waals surface area contributed by atoms with Crippen LogP contribution in [0.2, 0.25) is 0 Å². The van der Waals surface area contributed by atoms with Gasteiger partial charge in [-0.05, 0) is 30.7 Å². The zero-order chi connectivity index (χ0) is 28.9. The minimum Gasteiger partial charge on any atom is -0.490 e. The maximum Gasteiger partial charge on any atom is 0.341 e. The number of pyridine rings is 3. The third kappa shape index (κ3) is 6.24. The molecule has 0 aliphatic carbocycles. The van der Waals surface area contributed by atoms with Gasteiger partial charge in [-0.1, -0.05) is 0 Å². The van der Waals surface area contributed by atoms with Crippen molar-refractivity contribution < 1.29 is 28.9 Å². The summed E-state index contributed by atoms with van der Waals surface area (Å²) in [6, 6.07) is 5.30. The van der Waals surface area contributed by atoms with Gasteiger partial charge in [0, 0.05) is 50.0 Å². The Bertz CT molecular complexity index is 1600. The molecule has 0 spiro atoms. The fourth-order valence-corrected chi connectivity index (χ4v) is 4.98. The van der Waals surface area contributed by atoms with Gasteiger partial charge in [0.1, 0.15) is 35.8 Å². The number of ketones is 1. The number of aromatic nitrogens is 5. The van der Waals surface area contributed by atoms with E-state index >= 15 is 0 Å². The number of aryl methyl sites for hydroxylation is 1. The van der Waals surface area contributed by atoms with E-state index in [2.05, 4.69) is 14.3 Å². The van der Waals surface area contributed by atoms with Crippen LogP contribution in [0.3, 0.4) is 0 Å². The quantitative estimate of drug-likeness (QED) is 0.229. The number of hydrogen-bond acceptors (Lipinski definition) is 12. The lowest BCUT2D eigenvalue weighted by molar-refractivity contribution is -0.123. The number of nitrogens with zero attached hydrogens (tertiary/aromatic N) is 6. The van der Waals surface area contributed by atoms with Crippen molar-refractivity contribution in [2.24, 2.45) is 5.92 Å². The second kappa shape index (κ2) is 12.5. The molecule has 0 aromatic carbocycles. The minimum atomic E-state index is -1.33. The van der Waals surface area contributed by atoms with Crippen LogP contribution in [0, 0.1) is 12.8 Å². The Labute approximate surface area is 238 Å². The zero-order valence-electron chi connectivity index (χ0n) is 22.5. The molecule has 1 fully saturated rings. The Morgan fingerprint density at radius 3 is 2.63 bits per heavy atom. The first-order chi connectivity index (χ1) is 19.9. The number of carboxylic acids is 1. The number of fused-ring (bicyclic) bond motifs is 1. The molecule has 1 aliphatic rings. The number of carboxylic acid groups (broad SMARTS) is 1. The summed E-state index contributed by atoms with van der Waals surface area (Å²) < 4.78 is 21.4. The summed E-state index contributed by atoms with van der Waals surface area (Å²) in [4.78, 5) is 52.8. The van der Waals surface area contributed by atoms with Crippen LogP contribution in [0.25, 0.3) is 16.2 Å². The predicted octanol–water partition coefficient (Wildman–Crippen LogP) is 1.93. The average Bonchev–Trinajstić information content (AvgIpc) is 3.45. The number of carbonyl (C=O) groups excluding carboxylic acids is 1. The van der Waals surface area contributed by atoms with Gasteiger partial charge in [0.15, 0.2) is 5.65 Å². The normalized spacial score (nSPS) is 13.4. The lowest BCUT2D eigenvalue weighted by Gasteiger charge is -2.39. The Hall–Kier alpha value is -4.27. The van der Waals surface area contributed by atoms with Crippen LogP contribution >= 0.6 is 11.5 Å². The molecule has 14 heteroatoms. The lowest BCUT2D eigenvalue weighted by Crippen LogP contribution is -2.51. The maximum atomic E-state index is 13.0. The van der Waals surface area contributed by atoms with Crippen LogP contribution in [0.5, 0.6) is 5.75 Å². The molecule has 5 rings (SSSR count). The van der Waals surface area contributed by atoms with E-state index in [4.69, 9.17) is 19.2 Å². The third-order valence-corrected chi connectivity index (χ3v) is 7.34. The zero-order valence-corrected chi connectivity index (χ0v) is 23.3. The van der Waals surface area contributed by atoms with E-state index in [0.717, 1.165) is 11.5 Å². The Balaban J connectivity index is 1.24. The van der Waals surface area contributed by atoms with Crippen molar-refractivity contribution in [1.29, 1.82) is 0 Å². The van der Waals surface area contributed by atoms with Crippen LogP contribution < -0.4 is 15.1 Å². The van der Waals surface area contributed by atoms with Crippen molar-refractivity contribution >= 4 is 40.1 Å². The second-order valence-corrected chi connectivity index (χ2v) is 10.2. The van der Waals surface area contributed by atoms with Gasteiger partial charge in [-0.2, -0.15) is 4.37 Å². The van der Waals surface area contributed by atoms with E-state index in [0.29, 0.717) is 67.5 Å². The smallest absolute Gasteiger partial charge is 0.341 e. The maximum absolute atomic E-state index is 13.0. The molecule has 0 atom stereocenters. The SMILES string of the molecule is COCCOCCOc1ccc(CC(=O)C2CN(c3cc(C)c4c(=O)c(C(=O)O)cn(-c5ncns5)c4n3)C2)nc1. The summed E-state index contributed by atoms with van der Waals surface area (Å²) in [5.41, 5.74) is 0.543. The highest BCUT2D eigenvalue weighted by Gasteiger charge is 2.34. The third-order valence-electron chi connectivity index (χ3n) is 6.67. The molecular weight excluding hydrogens is 552 g/mol. The van der Waals surface area contributed by atoms with E-state index in [9.17, 15) is 19.5 Å². The van der Waals surface area contributed by atoms with Gasteiger partial charge in [-0.3, -0.25) is 19.1 Å². The topological polar surface area (TPSA) is 159 Å². The van der Waals surface area contributed by atoms with Crippen LogP contribution in [-0.4, -0.2) is 87.4 Å². The number of aromatic carboxylic acids is 1. The fourth-order valence-electron chi connectivity index (χ4n) is 4.47. The number of methoxy groups -OCH3 is 1. The highest BCUT2D eigenvalue weighted by molar-refractivity contribution is 7.08. The molecule has 0 unspecified atom stereocenters. The van der Waals surface area contributed by atoms with E-state index in [1.807, 2.05) is 4.90 Å². The number of Topliss-reactive ketones (excluding diaryl/α,β-unsaturated/α-hetero) is 1. The highest BCUT2D eigenvalue weighted by atomic mass is 32.1. The molecule has 0 saturated carbocycles. The van der Waals surface area contributed by atoms with Gasteiger partial charge in [0.25, 0.3) is 0 Å². The summed E-state index contributed by atoms with van der Waals surface area (Å²) in [5, 5.41) is 10.2. The highest BCUT2D eigenvalue weighted by Crippen LogP contribution is 2.29. The number of ether oxygens (including phenoxy) is 3. The van der Waals surface area contributed by atoms with Crippen LogP contribution in [0.4, 0.5) is 5.82 Å². The van der Waals surface area contributed by atoms with E-state index in [1.54, 1.807) is 38.4 Å². The molecule has 41 heavy (non-hydrogen) atoms. The second-order valence-electron chi connectivity index (χ2n) is 9.45. The monoisotopic (exact) mass is 580 g/mol. The molecule has 5 heterocycles. The van der Waals surface area contributed by atoms with Crippen LogP contribution in [0.1, 0.15) is 21.6 Å². The Kier molecular flexibility index (Phi) is 8.61. The Morgan fingerprint density at radius 2 is 1.95 bits per heavy atom. The predicted molar refractivity (Wildman–Crippen MR) is 149 cm³/mol. The molecule has 0 radical (unpaired) electrons. The van der Waals surface area contributed by atoms with Gasteiger partial charge in [0.2, 0.25) is 10.6 Å². The molecule has 4 aromatic heterocycles. The molecule has 0 amide bonds. The van der Waals surface area contributed by atoms with Gasteiger partial charge in [-0.15, -0.1) is 0 Å². The van der Waals surface area contributed by atoms with Gasteiger partial charge >= 0.3 is 5.97 Å². The summed E-state index contributed by atoms with van der Waals surface area (Å²) >= 11 is 1.06. The molecule has 1 aliphatic heterocycles. The molecule has 1 saturated heterocycles. The summed E-state index contributed by atoms with van der Waals surface area (Å²) in [6.07, 6.45) is 4.38. The van der Waals surface area contributed by atoms with Gasteiger partial charge < -0.3 is 24.2 Å². The minimum absolute atomic E-state index is 0.0725. The largest absolute Gasteiger partial charge is 0.490 e. The fraction of sp³-hybridized carbons (Fsp3) is 0.370. The lowest BCUT2D eigenvalue weighted by atomic mass is 9.92. The van der Waals surface area contributed by atoms with Gasteiger partial charge in [-0.25, -0.2) is 14.8 Å². The number of hydrogen-bond donors (Lipinski definition) is 1. The first kappa shape index (κ1) is 28.3. The molecule has 214 valence electrons.